The number of halogens is 1. The van der Waals surface area contributed by atoms with Crippen LogP contribution in [0.1, 0.15) is 24.2 Å². The summed E-state index contributed by atoms with van der Waals surface area (Å²) in [5.74, 6) is 0.00730. The lowest BCUT2D eigenvalue weighted by Crippen LogP contribution is -2.52. The number of aromatic nitrogens is 1. The van der Waals surface area contributed by atoms with Crippen LogP contribution in [-0.4, -0.2) is 64.1 Å². The molecule has 1 aliphatic heterocycles. The molecule has 5 nitrogen and oxygen atoms in total. The molecule has 1 saturated heterocycles. The zero-order chi connectivity index (χ0) is 14.8. The standard InChI is InChI=1S/C14H20BrN3O2/c1-14(2,20)10-17-6-8-18(9-7-17)13(19)11-4-3-5-16-12(11)15/h3-5,20H,6-10H2,1-2H3. The average Bonchev–Trinajstić information content (AvgIpc) is 2.37. The molecule has 1 aromatic rings. The van der Waals surface area contributed by atoms with E-state index in [1.807, 2.05) is 4.90 Å². The summed E-state index contributed by atoms with van der Waals surface area (Å²) in [5, 5.41) is 9.82. The van der Waals surface area contributed by atoms with Gasteiger partial charge < -0.3 is 10.0 Å². The molecule has 2 heterocycles. The van der Waals surface area contributed by atoms with Gasteiger partial charge in [-0.1, -0.05) is 0 Å². The zero-order valence-corrected chi connectivity index (χ0v) is 13.4. The predicted octanol–water partition coefficient (Wildman–Crippen LogP) is 1.37. The number of piperazine rings is 1. The third kappa shape index (κ3) is 4.01. The van der Waals surface area contributed by atoms with Crippen LogP contribution in [0.2, 0.25) is 0 Å². The van der Waals surface area contributed by atoms with Crippen molar-refractivity contribution in [1.82, 2.24) is 14.8 Å². The van der Waals surface area contributed by atoms with Crippen LogP contribution in [0.15, 0.2) is 22.9 Å². The molecule has 0 radical (unpaired) electrons. The number of rotatable bonds is 3. The minimum Gasteiger partial charge on any atom is -0.389 e. The smallest absolute Gasteiger partial charge is 0.256 e. The number of nitrogens with zero attached hydrogens (tertiary/aromatic N) is 3. The van der Waals surface area contributed by atoms with Crippen LogP contribution in [0.5, 0.6) is 0 Å². The number of aliphatic hydroxyl groups is 1. The highest BCUT2D eigenvalue weighted by Gasteiger charge is 2.26. The fourth-order valence-electron chi connectivity index (χ4n) is 2.37. The lowest BCUT2D eigenvalue weighted by molar-refractivity contribution is 0.0178. The van der Waals surface area contributed by atoms with E-state index < -0.39 is 5.60 Å². The van der Waals surface area contributed by atoms with Crippen molar-refractivity contribution in [3.63, 3.8) is 0 Å². The number of hydrogen-bond acceptors (Lipinski definition) is 4. The summed E-state index contributed by atoms with van der Waals surface area (Å²) in [5.41, 5.74) is -0.0955. The topological polar surface area (TPSA) is 56.7 Å². The summed E-state index contributed by atoms with van der Waals surface area (Å²) in [7, 11) is 0. The van der Waals surface area contributed by atoms with E-state index in [1.165, 1.54) is 0 Å². The van der Waals surface area contributed by atoms with Crippen molar-refractivity contribution in [2.24, 2.45) is 0 Å². The first kappa shape index (κ1) is 15.4. The van der Waals surface area contributed by atoms with Crippen LogP contribution in [0.3, 0.4) is 0 Å². The quantitative estimate of drug-likeness (QED) is 0.843. The van der Waals surface area contributed by atoms with Crippen molar-refractivity contribution >= 4 is 21.8 Å². The van der Waals surface area contributed by atoms with Gasteiger partial charge in [-0.05, 0) is 41.9 Å². The lowest BCUT2D eigenvalue weighted by atomic mass is 10.1. The van der Waals surface area contributed by atoms with Gasteiger partial charge in [-0.3, -0.25) is 9.69 Å². The second-order valence-electron chi connectivity index (χ2n) is 5.72. The summed E-state index contributed by atoms with van der Waals surface area (Å²) in [4.78, 5) is 20.5. The third-order valence-corrected chi connectivity index (χ3v) is 3.89. The second-order valence-corrected chi connectivity index (χ2v) is 6.47. The first-order chi connectivity index (χ1) is 9.37. The summed E-state index contributed by atoms with van der Waals surface area (Å²) in [6, 6.07) is 3.55. The van der Waals surface area contributed by atoms with Gasteiger partial charge in [-0.25, -0.2) is 4.98 Å². The molecule has 0 aliphatic carbocycles. The Labute approximate surface area is 127 Å². The maximum atomic E-state index is 12.4. The largest absolute Gasteiger partial charge is 0.389 e. The second kappa shape index (κ2) is 6.20. The molecule has 1 amide bonds. The zero-order valence-electron chi connectivity index (χ0n) is 11.8. The summed E-state index contributed by atoms with van der Waals surface area (Å²) >= 11 is 3.31. The normalized spacial score (nSPS) is 17.3. The average molecular weight is 342 g/mol. The van der Waals surface area contributed by atoms with Gasteiger partial charge in [0.15, 0.2) is 0 Å². The molecule has 110 valence electrons. The highest BCUT2D eigenvalue weighted by atomic mass is 79.9. The minimum atomic E-state index is -0.696. The number of pyridine rings is 1. The van der Waals surface area contributed by atoms with Crippen LogP contribution in [-0.2, 0) is 0 Å². The van der Waals surface area contributed by atoms with E-state index in [2.05, 4.69) is 25.8 Å². The number of β-amino-alcohol motifs (C(OH)–C–C–N with tert-alkyl or cyclic N) is 1. The van der Waals surface area contributed by atoms with Crippen molar-refractivity contribution in [2.45, 2.75) is 19.4 Å². The molecule has 6 heteroatoms. The van der Waals surface area contributed by atoms with Gasteiger partial charge in [0.2, 0.25) is 0 Å². The van der Waals surface area contributed by atoms with Crippen molar-refractivity contribution in [3.8, 4) is 0 Å². The van der Waals surface area contributed by atoms with Gasteiger partial charge in [-0.2, -0.15) is 0 Å². The lowest BCUT2D eigenvalue weighted by Gasteiger charge is -2.37. The Morgan fingerprint density at radius 2 is 2.05 bits per heavy atom. The maximum absolute atomic E-state index is 12.4. The molecule has 1 fully saturated rings. The molecular formula is C14H20BrN3O2. The first-order valence-corrected chi connectivity index (χ1v) is 7.51. The van der Waals surface area contributed by atoms with E-state index in [1.54, 1.807) is 32.2 Å². The minimum absolute atomic E-state index is 0.00730. The Morgan fingerprint density at radius 3 is 2.60 bits per heavy atom. The first-order valence-electron chi connectivity index (χ1n) is 6.71. The highest BCUT2D eigenvalue weighted by molar-refractivity contribution is 9.10. The Hall–Kier alpha value is -0.980. The van der Waals surface area contributed by atoms with Crippen LogP contribution >= 0.6 is 15.9 Å². The molecular weight excluding hydrogens is 322 g/mol. The maximum Gasteiger partial charge on any atom is 0.256 e. The Morgan fingerprint density at radius 1 is 1.40 bits per heavy atom. The Balaban J connectivity index is 1.94. The van der Waals surface area contributed by atoms with Gasteiger partial charge in [0.25, 0.3) is 5.91 Å². The van der Waals surface area contributed by atoms with E-state index in [4.69, 9.17) is 0 Å². The van der Waals surface area contributed by atoms with Gasteiger partial charge >= 0.3 is 0 Å². The van der Waals surface area contributed by atoms with E-state index in [0.29, 0.717) is 29.8 Å². The molecule has 1 N–H and O–H groups in total. The monoisotopic (exact) mass is 341 g/mol. The van der Waals surface area contributed by atoms with Crippen LogP contribution < -0.4 is 0 Å². The third-order valence-electron chi connectivity index (χ3n) is 3.26. The molecule has 2 rings (SSSR count). The van der Waals surface area contributed by atoms with E-state index in [-0.39, 0.29) is 5.91 Å². The number of carbonyl (C=O) groups is 1. The molecule has 0 saturated carbocycles. The Bertz CT molecular complexity index is 480. The molecule has 1 aromatic heterocycles. The van der Waals surface area contributed by atoms with E-state index in [0.717, 1.165) is 13.1 Å². The number of carbonyl (C=O) groups excluding carboxylic acids is 1. The van der Waals surface area contributed by atoms with Crippen LogP contribution in [0.4, 0.5) is 0 Å². The van der Waals surface area contributed by atoms with Crippen LogP contribution in [0, 0.1) is 0 Å². The fraction of sp³-hybridized carbons (Fsp3) is 0.571. The Kier molecular flexibility index (Phi) is 4.78. The van der Waals surface area contributed by atoms with E-state index in [9.17, 15) is 9.90 Å². The number of amides is 1. The molecule has 0 bridgehead atoms. The van der Waals surface area contributed by atoms with Crippen LogP contribution in [0.25, 0.3) is 0 Å². The van der Waals surface area contributed by atoms with Crippen molar-refractivity contribution < 1.29 is 9.90 Å². The number of hydrogen-bond donors (Lipinski definition) is 1. The molecule has 1 aliphatic rings. The SMILES string of the molecule is CC(C)(O)CN1CCN(C(=O)c2cccnc2Br)CC1. The molecule has 0 atom stereocenters. The van der Waals surface area contributed by atoms with E-state index >= 15 is 0 Å². The summed E-state index contributed by atoms with van der Waals surface area (Å²) in [6.07, 6.45) is 1.65. The van der Waals surface area contributed by atoms with Crippen molar-refractivity contribution in [2.75, 3.05) is 32.7 Å². The van der Waals surface area contributed by atoms with Crippen molar-refractivity contribution in [1.29, 1.82) is 0 Å². The van der Waals surface area contributed by atoms with Gasteiger partial charge in [0.05, 0.1) is 11.2 Å². The predicted molar refractivity (Wildman–Crippen MR) is 80.6 cm³/mol. The fourth-order valence-corrected chi connectivity index (χ4v) is 2.79. The van der Waals surface area contributed by atoms with Gasteiger partial charge in [0.1, 0.15) is 4.60 Å². The molecule has 0 unspecified atom stereocenters. The molecule has 0 spiro atoms. The van der Waals surface area contributed by atoms with Gasteiger partial charge in [-0.15, -0.1) is 0 Å². The summed E-state index contributed by atoms with van der Waals surface area (Å²) in [6.45, 7) is 7.16. The van der Waals surface area contributed by atoms with Crippen molar-refractivity contribution in [3.05, 3.63) is 28.5 Å². The summed E-state index contributed by atoms with van der Waals surface area (Å²) < 4.78 is 0.587. The molecule has 20 heavy (non-hydrogen) atoms. The molecule has 0 aromatic carbocycles. The highest BCUT2D eigenvalue weighted by Crippen LogP contribution is 2.17. The van der Waals surface area contributed by atoms with Gasteiger partial charge in [0, 0.05) is 38.9 Å².